The molecule has 3 aromatic rings. The van der Waals surface area contributed by atoms with Gasteiger partial charge in [-0.05, 0) is 54.4 Å². The largest absolute Gasteiger partial charge is 0.340 e. The number of primary sulfonamides is 1. The third-order valence-corrected chi connectivity index (χ3v) is 5.35. The van der Waals surface area contributed by atoms with Gasteiger partial charge in [0.15, 0.2) is 0 Å². The molecule has 0 fully saturated rings. The fourth-order valence-corrected chi connectivity index (χ4v) is 3.50. The lowest BCUT2D eigenvalue weighted by molar-refractivity contribution is 0.597. The van der Waals surface area contributed by atoms with Gasteiger partial charge in [0.25, 0.3) is 0 Å². The zero-order valence-corrected chi connectivity index (χ0v) is 15.5. The van der Waals surface area contributed by atoms with E-state index in [9.17, 15) is 8.42 Å². The van der Waals surface area contributed by atoms with E-state index in [0.717, 1.165) is 27.0 Å². The topological polar surface area (TPSA) is 65.1 Å². The minimum absolute atomic E-state index is 0.134. The summed E-state index contributed by atoms with van der Waals surface area (Å²) in [6.07, 6.45) is 0. The van der Waals surface area contributed by atoms with Gasteiger partial charge in [0.1, 0.15) is 0 Å². The molecule has 0 aliphatic rings. The van der Waals surface area contributed by atoms with Gasteiger partial charge in [0, 0.05) is 22.4 Å². The van der Waals surface area contributed by atoms with Crippen LogP contribution in [0, 0.1) is 6.92 Å². The van der Waals surface area contributed by atoms with Gasteiger partial charge < -0.3 is 4.57 Å². The van der Waals surface area contributed by atoms with Crippen molar-refractivity contribution in [1.82, 2.24) is 4.57 Å². The molecule has 0 aliphatic carbocycles. The van der Waals surface area contributed by atoms with Crippen molar-refractivity contribution in [3.8, 4) is 11.3 Å². The lowest BCUT2D eigenvalue weighted by atomic mass is 10.1. The molecule has 0 atom stereocenters. The number of rotatable bonds is 4. The van der Waals surface area contributed by atoms with E-state index in [2.05, 4.69) is 44.8 Å². The number of sulfonamides is 1. The maximum Gasteiger partial charge on any atom is 0.238 e. The standard InChI is InChI=1S/C18H17BrN2O2S/c1-13-5-10-18(15-6-8-16(19)9-7-15)21(13)12-14-3-2-4-17(11-14)24(20,22)23/h2-11H,12H2,1H3,(H2,20,22,23). The van der Waals surface area contributed by atoms with Gasteiger partial charge in [-0.15, -0.1) is 0 Å². The van der Waals surface area contributed by atoms with Crippen LogP contribution in [0.1, 0.15) is 11.3 Å². The van der Waals surface area contributed by atoms with Crippen molar-refractivity contribution in [2.75, 3.05) is 0 Å². The second-order valence-corrected chi connectivity index (χ2v) is 8.12. The molecule has 0 saturated heterocycles. The SMILES string of the molecule is Cc1ccc(-c2ccc(Br)cc2)n1Cc1cccc(S(N)(=O)=O)c1. The minimum atomic E-state index is -3.70. The van der Waals surface area contributed by atoms with Crippen LogP contribution in [0.25, 0.3) is 11.3 Å². The molecule has 2 N–H and O–H groups in total. The summed E-state index contributed by atoms with van der Waals surface area (Å²) in [4.78, 5) is 0.134. The van der Waals surface area contributed by atoms with Crippen LogP contribution in [0.4, 0.5) is 0 Å². The van der Waals surface area contributed by atoms with Crippen LogP contribution in [0.3, 0.4) is 0 Å². The molecule has 0 unspecified atom stereocenters. The van der Waals surface area contributed by atoms with E-state index in [1.165, 1.54) is 6.07 Å². The van der Waals surface area contributed by atoms with Crippen molar-refractivity contribution in [2.45, 2.75) is 18.4 Å². The summed E-state index contributed by atoms with van der Waals surface area (Å²) in [5.41, 5.74) is 4.18. The molecule has 3 rings (SSSR count). The van der Waals surface area contributed by atoms with Gasteiger partial charge in [-0.2, -0.15) is 0 Å². The quantitative estimate of drug-likeness (QED) is 0.715. The van der Waals surface area contributed by atoms with Crippen molar-refractivity contribution >= 4 is 26.0 Å². The molecule has 2 aromatic carbocycles. The molecular weight excluding hydrogens is 388 g/mol. The molecule has 24 heavy (non-hydrogen) atoms. The number of benzene rings is 2. The highest BCUT2D eigenvalue weighted by atomic mass is 79.9. The highest BCUT2D eigenvalue weighted by Gasteiger charge is 2.11. The number of aromatic nitrogens is 1. The monoisotopic (exact) mass is 404 g/mol. The highest BCUT2D eigenvalue weighted by molar-refractivity contribution is 9.10. The molecule has 0 saturated carbocycles. The fraction of sp³-hybridized carbons (Fsp3) is 0.111. The van der Waals surface area contributed by atoms with Gasteiger partial charge in [-0.25, -0.2) is 13.6 Å². The Morgan fingerprint density at radius 2 is 1.75 bits per heavy atom. The molecule has 0 spiro atoms. The Morgan fingerprint density at radius 1 is 1.04 bits per heavy atom. The van der Waals surface area contributed by atoms with E-state index in [1.54, 1.807) is 12.1 Å². The molecule has 0 aliphatic heterocycles. The lowest BCUT2D eigenvalue weighted by Crippen LogP contribution is -2.13. The van der Waals surface area contributed by atoms with Crippen molar-refractivity contribution in [3.63, 3.8) is 0 Å². The van der Waals surface area contributed by atoms with Crippen LogP contribution >= 0.6 is 15.9 Å². The Bertz CT molecular complexity index is 977. The average molecular weight is 405 g/mol. The van der Waals surface area contributed by atoms with Crippen molar-refractivity contribution in [2.24, 2.45) is 5.14 Å². The predicted octanol–water partition coefficient (Wildman–Crippen LogP) is 3.92. The third-order valence-electron chi connectivity index (χ3n) is 3.91. The van der Waals surface area contributed by atoms with E-state index in [0.29, 0.717) is 6.54 Å². The minimum Gasteiger partial charge on any atom is -0.340 e. The number of hydrogen-bond donors (Lipinski definition) is 1. The normalized spacial score (nSPS) is 11.6. The van der Waals surface area contributed by atoms with E-state index in [1.807, 2.05) is 25.1 Å². The molecule has 1 aromatic heterocycles. The molecular formula is C18H17BrN2O2S. The van der Waals surface area contributed by atoms with Crippen molar-refractivity contribution in [1.29, 1.82) is 0 Å². The van der Waals surface area contributed by atoms with Gasteiger partial charge in [0.2, 0.25) is 10.0 Å². The summed E-state index contributed by atoms with van der Waals surface area (Å²) in [5, 5.41) is 5.23. The van der Waals surface area contributed by atoms with Gasteiger partial charge in [0.05, 0.1) is 4.90 Å². The molecule has 124 valence electrons. The second-order valence-electron chi connectivity index (χ2n) is 5.65. The molecule has 0 amide bonds. The first-order valence-electron chi connectivity index (χ1n) is 7.38. The summed E-state index contributed by atoms with van der Waals surface area (Å²) in [7, 11) is -3.70. The van der Waals surface area contributed by atoms with Crippen LogP contribution in [-0.4, -0.2) is 13.0 Å². The van der Waals surface area contributed by atoms with Crippen LogP contribution in [-0.2, 0) is 16.6 Å². The lowest BCUT2D eigenvalue weighted by Gasteiger charge is -2.13. The number of aryl methyl sites for hydroxylation is 1. The van der Waals surface area contributed by atoms with Crippen LogP contribution in [0.15, 0.2) is 70.0 Å². The van der Waals surface area contributed by atoms with Crippen LogP contribution < -0.4 is 5.14 Å². The maximum absolute atomic E-state index is 11.5. The summed E-state index contributed by atoms with van der Waals surface area (Å²) >= 11 is 3.45. The number of nitrogens with two attached hydrogens (primary N) is 1. The van der Waals surface area contributed by atoms with Crippen molar-refractivity contribution in [3.05, 3.63) is 76.4 Å². The first kappa shape index (κ1) is 17.0. The molecule has 0 bridgehead atoms. The molecule has 1 heterocycles. The molecule has 6 heteroatoms. The zero-order chi connectivity index (χ0) is 17.3. The van der Waals surface area contributed by atoms with Crippen LogP contribution in [0.2, 0.25) is 0 Å². The smallest absolute Gasteiger partial charge is 0.238 e. The van der Waals surface area contributed by atoms with Crippen molar-refractivity contribution < 1.29 is 8.42 Å². The Kier molecular flexibility index (Phi) is 4.62. The van der Waals surface area contributed by atoms with Gasteiger partial charge in [-0.3, -0.25) is 0 Å². The Balaban J connectivity index is 2.00. The van der Waals surface area contributed by atoms with E-state index < -0.39 is 10.0 Å². The predicted molar refractivity (Wildman–Crippen MR) is 99.2 cm³/mol. The second kappa shape index (κ2) is 6.55. The molecule has 4 nitrogen and oxygen atoms in total. The average Bonchev–Trinajstić information content (AvgIpc) is 2.89. The molecule has 0 radical (unpaired) electrons. The zero-order valence-electron chi connectivity index (χ0n) is 13.1. The number of nitrogens with zero attached hydrogens (tertiary/aromatic N) is 1. The fourth-order valence-electron chi connectivity index (χ4n) is 2.66. The number of halogens is 1. The Morgan fingerprint density at radius 3 is 2.42 bits per heavy atom. The van der Waals surface area contributed by atoms with E-state index >= 15 is 0 Å². The summed E-state index contributed by atoms with van der Waals surface area (Å²) in [6, 6.07) is 19.0. The Labute approximate surface area is 150 Å². The Hall–Kier alpha value is -1.89. The third kappa shape index (κ3) is 3.61. The maximum atomic E-state index is 11.5. The van der Waals surface area contributed by atoms with Gasteiger partial charge >= 0.3 is 0 Å². The van der Waals surface area contributed by atoms with E-state index in [4.69, 9.17) is 5.14 Å². The summed E-state index contributed by atoms with van der Waals surface area (Å²) in [6.45, 7) is 2.61. The first-order valence-corrected chi connectivity index (χ1v) is 9.72. The summed E-state index contributed by atoms with van der Waals surface area (Å²) < 4.78 is 26.3. The van der Waals surface area contributed by atoms with Gasteiger partial charge in [-0.1, -0.05) is 40.2 Å². The first-order chi connectivity index (χ1) is 11.3. The van der Waals surface area contributed by atoms with E-state index in [-0.39, 0.29) is 4.90 Å². The highest BCUT2D eigenvalue weighted by Crippen LogP contribution is 2.25. The number of hydrogen-bond acceptors (Lipinski definition) is 2. The van der Waals surface area contributed by atoms with Crippen LogP contribution in [0.5, 0.6) is 0 Å². The summed E-state index contributed by atoms with van der Waals surface area (Å²) in [5.74, 6) is 0.